The second-order valence-electron chi connectivity index (χ2n) is 5.81. The Morgan fingerprint density at radius 3 is 2.81 bits per heavy atom. The van der Waals surface area contributed by atoms with E-state index in [0.29, 0.717) is 17.3 Å². The molecule has 0 spiro atoms. The molecule has 0 aliphatic heterocycles. The molecular formula is C18H15N7O2. The summed E-state index contributed by atoms with van der Waals surface area (Å²) in [5, 5.41) is 14.3. The topological polar surface area (TPSA) is 112 Å². The van der Waals surface area contributed by atoms with Crippen LogP contribution in [0.5, 0.6) is 0 Å². The van der Waals surface area contributed by atoms with Gasteiger partial charge in [0.15, 0.2) is 0 Å². The molecule has 3 heterocycles. The lowest BCUT2D eigenvalue weighted by atomic mass is 10.1. The third-order valence-electron chi connectivity index (χ3n) is 3.90. The summed E-state index contributed by atoms with van der Waals surface area (Å²) in [5.74, 6) is 0.490. The van der Waals surface area contributed by atoms with Crippen LogP contribution in [-0.4, -0.2) is 35.8 Å². The molecule has 0 aliphatic carbocycles. The van der Waals surface area contributed by atoms with Gasteiger partial charge in [-0.1, -0.05) is 11.2 Å². The number of amides is 1. The molecule has 1 unspecified atom stereocenters. The number of hydrogen-bond acceptors (Lipinski definition) is 7. The summed E-state index contributed by atoms with van der Waals surface area (Å²) >= 11 is 0. The minimum absolute atomic E-state index is 0.251. The number of rotatable bonds is 5. The number of nitrogens with zero attached hydrogens (tertiary/aromatic N) is 6. The fraction of sp³-hybridized carbons (Fsp3) is 0.111. The van der Waals surface area contributed by atoms with E-state index in [1.807, 2.05) is 12.1 Å². The third kappa shape index (κ3) is 3.56. The minimum atomic E-state index is -0.450. The van der Waals surface area contributed by atoms with Crippen molar-refractivity contribution in [1.29, 1.82) is 0 Å². The average Bonchev–Trinajstić information content (AvgIpc) is 3.41. The Balaban J connectivity index is 1.49. The zero-order valence-corrected chi connectivity index (χ0v) is 14.4. The highest BCUT2D eigenvalue weighted by Gasteiger charge is 2.18. The second-order valence-corrected chi connectivity index (χ2v) is 5.81. The van der Waals surface area contributed by atoms with Crippen molar-refractivity contribution in [3.8, 4) is 17.1 Å². The van der Waals surface area contributed by atoms with E-state index >= 15 is 0 Å². The van der Waals surface area contributed by atoms with Crippen molar-refractivity contribution < 1.29 is 9.32 Å². The Hall–Kier alpha value is -3.88. The molecular weight excluding hydrogens is 346 g/mol. The molecule has 1 N–H and O–H groups in total. The molecule has 9 heteroatoms. The van der Waals surface area contributed by atoms with Gasteiger partial charge in [0.05, 0.1) is 0 Å². The maximum Gasteiger partial charge on any atom is 0.251 e. The smallest absolute Gasteiger partial charge is 0.251 e. The highest BCUT2D eigenvalue weighted by molar-refractivity contribution is 5.94. The summed E-state index contributed by atoms with van der Waals surface area (Å²) in [6.45, 7) is 1.78. The molecule has 3 aromatic heterocycles. The monoisotopic (exact) mass is 361 g/mol. The van der Waals surface area contributed by atoms with Gasteiger partial charge < -0.3 is 9.84 Å². The van der Waals surface area contributed by atoms with Crippen LogP contribution in [0, 0.1) is 0 Å². The first-order valence-corrected chi connectivity index (χ1v) is 8.20. The van der Waals surface area contributed by atoms with Crippen LogP contribution in [0.1, 0.15) is 29.2 Å². The zero-order chi connectivity index (χ0) is 18.6. The highest BCUT2D eigenvalue weighted by atomic mass is 16.5. The molecule has 9 nitrogen and oxygen atoms in total. The first-order chi connectivity index (χ1) is 13.2. The molecule has 1 atom stereocenters. The van der Waals surface area contributed by atoms with Crippen molar-refractivity contribution in [2.75, 3.05) is 0 Å². The van der Waals surface area contributed by atoms with Crippen LogP contribution in [0.15, 0.2) is 66.0 Å². The Kier molecular flexibility index (Phi) is 4.40. The maximum absolute atomic E-state index is 12.6. The molecule has 134 valence electrons. The van der Waals surface area contributed by atoms with Gasteiger partial charge in [-0.25, -0.2) is 0 Å². The molecule has 27 heavy (non-hydrogen) atoms. The normalized spacial score (nSPS) is 11.9. The van der Waals surface area contributed by atoms with E-state index in [4.69, 9.17) is 4.52 Å². The van der Waals surface area contributed by atoms with E-state index in [1.54, 1.807) is 60.8 Å². The number of carbonyl (C=O) groups excluding carboxylic acids is 1. The number of pyridine rings is 1. The van der Waals surface area contributed by atoms with Gasteiger partial charge in [0.1, 0.15) is 18.7 Å². The van der Waals surface area contributed by atoms with Crippen molar-refractivity contribution in [1.82, 2.24) is 35.2 Å². The number of aromatic nitrogens is 6. The predicted octanol–water partition coefficient (Wildman–Crippen LogP) is 2.20. The van der Waals surface area contributed by atoms with Crippen LogP contribution in [0.4, 0.5) is 0 Å². The fourth-order valence-corrected chi connectivity index (χ4v) is 2.51. The van der Waals surface area contributed by atoms with Crippen LogP contribution >= 0.6 is 0 Å². The van der Waals surface area contributed by atoms with E-state index < -0.39 is 6.04 Å². The molecule has 1 amide bonds. The average molecular weight is 361 g/mol. The molecule has 0 saturated carbocycles. The third-order valence-corrected chi connectivity index (χ3v) is 3.90. The van der Waals surface area contributed by atoms with Gasteiger partial charge in [-0.3, -0.25) is 14.3 Å². The molecule has 0 aliphatic rings. The quantitative estimate of drug-likeness (QED) is 0.580. The maximum atomic E-state index is 12.6. The van der Waals surface area contributed by atoms with E-state index in [-0.39, 0.29) is 5.91 Å². The molecule has 0 fully saturated rings. The van der Waals surface area contributed by atoms with Crippen LogP contribution in [0.25, 0.3) is 17.1 Å². The minimum Gasteiger partial charge on any atom is -0.341 e. The van der Waals surface area contributed by atoms with E-state index in [9.17, 15) is 4.79 Å². The fourth-order valence-electron chi connectivity index (χ4n) is 2.51. The highest BCUT2D eigenvalue weighted by Crippen LogP contribution is 2.18. The molecule has 1 aromatic carbocycles. The van der Waals surface area contributed by atoms with Crippen molar-refractivity contribution in [3.63, 3.8) is 0 Å². The largest absolute Gasteiger partial charge is 0.341 e. The summed E-state index contributed by atoms with van der Waals surface area (Å²) < 4.78 is 7.00. The number of carbonyl (C=O) groups is 1. The van der Waals surface area contributed by atoms with Crippen LogP contribution in [0.3, 0.4) is 0 Å². The molecule has 4 aromatic rings. The standard InChI is InChI=1S/C18H15N7O2/c1-12(18-23-16(24-27-18)14-5-3-7-19-9-14)22-17(26)13-4-2-6-15(8-13)25-10-20-21-11-25/h2-12H,1H3,(H,22,26). The van der Waals surface area contributed by atoms with Crippen molar-refractivity contribution in [2.45, 2.75) is 13.0 Å². The Morgan fingerprint density at radius 2 is 2.04 bits per heavy atom. The SMILES string of the molecule is CC(NC(=O)c1cccc(-n2cnnc2)c1)c1nc(-c2cccnc2)no1. The molecule has 0 bridgehead atoms. The second kappa shape index (κ2) is 7.16. The van der Waals surface area contributed by atoms with Gasteiger partial charge in [-0.2, -0.15) is 4.98 Å². The lowest BCUT2D eigenvalue weighted by Gasteiger charge is -2.10. The van der Waals surface area contributed by atoms with E-state index in [1.165, 1.54) is 0 Å². The summed E-state index contributed by atoms with van der Waals surface area (Å²) in [6, 6.07) is 10.3. The summed E-state index contributed by atoms with van der Waals surface area (Å²) in [7, 11) is 0. The van der Waals surface area contributed by atoms with E-state index in [0.717, 1.165) is 11.3 Å². The van der Waals surface area contributed by atoms with Gasteiger partial charge in [-0.15, -0.1) is 10.2 Å². The number of benzene rings is 1. The lowest BCUT2D eigenvalue weighted by Crippen LogP contribution is -2.27. The molecule has 0 radical (unpaired) electrons. The zero-order valence-electron chi connectivity index (χ0n) is 14.4. The van der Waals surface area contributed by atoms with E-state index in [2.05, 4.69) is 30.6 Å². The Bertz CT molecular complexity index is 1040. The molecule has 0 saturated heterocycles. The predicted molar refractivity (Wildman–Crippen MR) is 94.8 cm³/mol. The van der Waals surface area contributed by atoms with Gasteiger partial charge in [0, 0.05) is 29.2 Å². The van der Waals surface area contributed by atoms with Crippen LogP contribution in [0.2, 0.25) is 0 Å². The van der Waals surface area contributed by atoms with Crippen LogP contribution in [-0.2, 0) is 0 Å². The Labute approximate surface area is 154 Å². The number of nitrogens with one attached hydrogen (secondary N) is 1. The summed E-state index contributed by atoms with van der Waals surface area (Å²) in [4.78, 5) is 20.9. The van der Waals surface area contributed by atoms with Gasteiger partial charge in [-0.05, 0) is 37.3 Å². The first kappa shape index (κ1) is 16.6. The van der Waals surface area contributed by atoms with Crippen molar-refractivity contribution in [3.05, 3.63) is 72.9 Å². The first-order valence-electron chi connectivity index (χ1n) is 8.20. The Morgan fingerprint density at radius 1 is 1.19 bits per heavy atom. The molecule has 4 rings (SSSR count). The van der Waals surface area contributed by atoms with Gasteiger partial charge in [0.2, 0.25) is 11.7 Å². The van der Waals surface area contributed by atoms with Crippen molar-refractivity contribution >= 4 is 5.91 Å². The van der Waals surface area contributed by atoms with Gasteiger partial charge in [0.25, 0.3) is 5.91 Å². The number of hydrogen-bond donors (Lipinski definition) is 1. The summed E-state index contributed by atoms with van der Waals surface area (Å²) in [6.07, 6.45) is 6.45. The summed E-state index contributed by atoms with van der Waals surface area (Å²) in [5.41, 5.74) is 2.03. The van der Waals surface area contributed by atoms with Crippen molar-refractivity contribution in [2.24, 2.45) is 0 Å². The lowest BCUT2D eigenvalue weighted by molar-refractivity contribution is 0.0932. The van der Waals surface area contributed by atoms with Gasteiger partial charge >= 0.3 is 0 Å². The van der Waals surface area contributed by atoms with Crippen LogP contribution < -0.4 is 5.32 Å².